The van der Waals surface area contributed by atoms with Crippen molar-refractivity contribution in [1.29, 1.82) is 0 Å². The zero-order valence-electron chi connectivity index (χ0n) is 17.2. The number of sulfonamides is 1. The Hall–Kier alpha value is -2.16. The molecule has 0 radical (unpaired) electrons. The van der Waals surface area contributed by atoms with Crippen LogP contribution in [0.1, 0.15) is 30.2 Å². The Bertz CT molecular complexity index is 1110. The molecule has 1 heterocycles. The van der Waals surface area contributed by atoms with Gasteiger partial charge in [0.1, 0.15) is 11.1 Å². The highest BCUT2D eigenvalue weighted by atomic mass is 35.5. The summed E-state index contributed by atoms with van der Waals surface area (Å²) in [5.41, 5.74) is 1.96. The van der Waals surface area contributed by atoms with E-state index in [1.165, 1.54) is 16.4 Å². The van der Waals surface area contributed by atoms with Crippen LogP contribution in [0.3, 0.4) is 0 Å². The third-order valence-electron chi connectivity index (χ3n) is 6.21. The monoisotopic (exact) mass is 466 g/mol. The maximum Gasteiger partial charge on any atom is 0.308 e. The summed E-state index contributed by atoms with van der Waals surface area (Å²) in [4.78, 5) is 13.9. The van der Waals surface area contributed by atoms with Gasteiger partial charge in [-0.15, -0.1) is 0 Å². The number of hydrogen-bond donors (Lipinski definition) is 1. The Kier molecular flexibility index (Phi) is 5.74. The van der Waals surface area contributed by atoms with Gasteiger partial charge >= 0.3 is 5.97 Å². The predicted molar refractivity (Wildman–Crippen MR) is 117 cm³/mol. The van der Waals surface area contributed by atoms with Crippen LogP contribution < -0.4 is 4.90 Å². The highest BCUT2D eigenvalue weighted by molar-refractivity contribution is 7.89. The van der Waals surface area contributed by atoms with Crippen LogP contribution in [-0.4, -0.2) is 49.0 Å². The van der Waals surface area contributed by atoms with Gasteiger partial charge in [-0.1, -0.05) is 35.9 Å². The lowest BCUT2D eigenvalue weighted by Crippen LogP contribution is -2.59. The third-order valence-corrected chi connectivity index (χ3v) is 9.04. The summed E-state index contributed by atoms with van der Waals surface area (Å²) in [7, 11) is -3.96. The van der Waals surface area contributed by atoms with Crippen molar-refractivity contribution >= 4 is 33.3 Å². The largest absolute Gasteiger partial charge is 0.481 e. The zero-order chi connectivity index (χ0) is 22.5. The first-order chi connectivity index (χ1) is 14.6. The highest BCUT2D eigenvalue weighted by Gasteiger charge is 2.50. The summed E-state index contributed by atoms with van der Waals surface area (Å²) < 4.78 is 43.0. The molecule has 4 rings (SSSR count). The molecule has 0 saturated carbocycles. The minimum absolute atomic E-state index is 0.0330. The van der Waals surface area contributed by atoms with Crippen molar-refractivity contribution in [1.82, 2.24) is 4.31 Å². The first-order valence-corrected chi connectivity index (χ1v) is 12.0. The van der Waals surface area contributed by atoms with Crippen LogP contribution in [0.2, 0.25) is 5.02 Å². The Morgan fingerprint density at radius 3 is 2.39 bits per heavy atom. The van der Waals surface area contributed by atoms with E-state index in [1.807, 2.05) is 4.90 Å². The van der Waals surface area contributed by atoms with E-state index in [0.29, 0.717) is 24.3 Å². The summed E-state index contributed by atoms with van der Waals surface area (Å²) in [5.74, 6) is -2.66. The fraction of sp³-hybridized carbons (Fsp3) is 0.409. The number of aliphatic carboxylic acids is 1. The molecular formula is C22H24ClFN2O4S. The second-order valence-electron chi connectivity index (χ2n) is 8.34. The molecule has 166 valence electrons. The SMILES string of the molecule is CC1CN(c2ccc(Cl)c(F)c2)CC(C)N1S(=O)(=O)[C@@H]1c2ccccc2C[C@@H]1C(=O)O. The zero-order valence-corrected chi connectivity index (χ0v) is 18.8. The lowest BCUT2D eigenvalue weighted by atomic mass is 10.1. The number of halogens is 2. The van der Waals surface area contributed by atoms with Crippen LogP contribution in [0.15, 0.2) is 42.5 Å². The Morgan fingerprint density at radius 2 is 1.77 bits per heavy atom. The molecule has 2 aromatic carbocycles. The number of anilines is 1. The summed E-state index contributed by atoms with van der Waals surface area (Å²) in [6.07, 6.45) is 0.197. The average molecular weight is 467 g/mol. The lowest BCUT2D eigenvalue weighted by Gasteiger charge is -2.45. The lowest BCUT2D eigenvalue weighted by molar-refractivity contribution is -0.141. The molecule has 2 aromatic rings. The van der Waals surface area contributed by atoms with Crippen LogP contribution in [-0.2, 0) is 21.2 Å². The number of benzene rings is 2. The highest BCUT2D eigenvalue weighted by Crippen LogP contribution is 2.44. The van der Waals surface area contributed by atoms with Crippen molar-refractivity contribution in [3.63, 3.8) is 0 Å². The molecule has 1 aliphatic carbocycles. The van der Waals surface area contributed by atoms with Crippen LogP contribution in [0.25, 0.3) is 0 Å². The second kappa shape index (κ2) is 8.07. The summed E-state index contributed by atoms with van der Waals surface area (Å²) in [5, 5.41) is 8.66. The third kappa shape index (κ3) is 3.81. The smallest absolute Gasteiger partial charge is 0.308 e. The number of piperazine rings is 1. The van der Waals surface area contributed by atoms with E-state index in [1.54, 1.807) is 44.2 Å². The number of carboxylic acid groups (broad SMARTS) is 1. The molecule has 0 amide bonds. The molecule has 1 N–H and O–H groups in total. The number of fused-ring (bicyclic) bond motifs is 1. The first-order valence-electron chi connectivity index (χ1n) is 10.1. The van der Waals surface area contributed by atoms with E-state index in [2.05, 4.69) is 0 Å². The van der Waals surface area contributed by atoms with Crippen molar-refractivity contribution < 1.29 is 22.7 Å². The summed E-state index contributed by atoms with van der Waals surface area (Å²) in [6, 6.07) is 10.7. The number of rotatable bonds is 4. The molecule has 4 atom stereocenters. The van der Waals surface area contributed by atoms with Crippen molar-refractivity contribution in [2.45, 2.75) is 37.6 Å². The first kappa shape index (κ1) is 22.0. The quantitative estimate of drug-likeness (QED) is 0.743. The number of carbonyl (C=O) groups is 1. The van der Waals surface area contributed by atoms with Gasteiger partial charge < -0.3 is 10.0 Å². The Morgan fingerprint density at radius 1 is 1.13 bits per heavy atom. The van der Waals surface area contributed by atoms with Gasteiger partial charge in [-0.3, -0.25) is 4.79 Å². The molecule has 1 fully saturated rings. The van der Waals surface area contributed by atoms with E-state index in [0.717, 1.165) is 5.56 Å². The molecule has 31 heavy (non-hydrogen) atoms. The van der Waals surface area contributed by atoms with E-state index in [-0.39, 0.29) is 11.4 Å². The molecule has 0 aromatic heterocycles. The van der Waals surface area contributed by atoms with Gasteiger partial charge in [0.2, 0.25) is 10.0 Å². The maximum atomic E-state index is 13.9. The van der Waals surface area contributed by atoms with Gasteiger partial charge in [-0.05, 0) is 49.6 Å². The number of carboxylic acids is 1. The topological polar surface area (TPSA) is 77.9 Å². The van der Waals surface area contributed by atoms with Gasteiger partial charge in [0, 0.05) is 30.9 Å². The molecule has 9 heteroatoms. The van der Waals surface area contributed by atoms with Gasteiger partial charge in [-0.25, -0.2) is 12.8 Å². The van der Waals surface area contributed by atoms with Crippen molar-refractivity contribution in [2.24, 2.45) is 5.92 Å². The Balaban J connectivity index is 1.66. The normalized spacial score (nSPS) is 26.6. The maximum absolute atomic E-state index is 13.9. The Labute approximate surface area is 186 Å². The number of hydrogen-bond acceptors (Lipinski definition) is 4. The van der Waals surface area contributed by atoms with E-state index < -0.39 is 45.1 Å². The molecular weight excluding hydrogens is 443 g/mol. The standard InChI is InChI=1S/C22H24ClFN2O4S/c1-13-11-25(16-7-8-19(23)20(24)10-16)12-14(2)26(13)31(29,30)21-17-6-4-3-5-15(17)9-18(21)22(27)28/h3-8,10,13-14,18,21H,9,11-12H2,1-2H3,(H,27,28)/t13?,14?,18-,21+/m0/s1. The molecule has 0 bridgehead atoms. The van der Waals surface area contributed by atoms with Crippen molar-refractivity contribution in [3.8, 4) is 0 Å². The van der Waals surface area contributed by atoms with Gasteiger partial charge in [-0.2, -0.15) is 4.31 Å². The van der Waals surface area contributed by atoms with E-state index >= 15 is 0 Å². The molecule has 2 aliphatic rings. The predicted octanol–water partition coefficient (Wildman–Crippen LogP) is 3.71. The van der Waals surface area contributed by atoms with Crippen LogP contribution in [0.4, 0.5) is 10.1 Å². The van der Waals surface area contributed by atoms with Crippen LogP contribution in [0, 0.1) is 11.7 Å². The molecule has 0 spiro atoms. The minimum atomic E-state index is -3.96. The van der Waals surface area contributed by atoms with Gasteiger partial charge in [0.15, 0.2) is 0 Å². The number of nitrogens with zero attached hydrogens (tertiary/aromatic N) is 2. The van der Waals surface area contributed by atoms with E-state index in [9.17, 15) is 22.7 Å². The molecule has 1 saturated heterocycles. The fourth-order valence-electron chi connectivity index (χ4n) is 4.98. The molecule has 1 aliphatic heterocycles. The van der Waals surface area contributed by atoms with Crippen LogP contribution in [0.5, 0.6) is 0 Å². The average Bonchev–Trinajstić information content (AvgIpc) is 3.10. The van der Waals surface area contributed by atoms with Crippen molar-refractivity contribution in [3.05, 3.63) is 64.4 Å². The van der Waals surface area contributed by atoms with Gasteiger partial charge in [0.25, 0.3) is 0 Å². The minimum Gasteiger partial charge on any atom is -0.481 e. The summed E-state index contributed by atoms with van der Waals surface area (Å²) in [6.45, 7) is 4.31. The van der Waals surface area contributed by atoms with Crippen LogP contribution >= 0.6 is 11.6 Å². The molecule has 2 unspecified atom stereocenters. The fourth-order valence-corrected chi connectivity index (χ4v) is 7.67. The van der Waals surface area contributed by atoms with Crippen molar-refractivity contribution in [2.75, 3.05) is 18.0 Å². The summed E-state index contributed by atoms with van der Waals surface area (Å²) >= 11 is 5.78. The van der Waals surface area contributed by atoms with E-state index in [4.69, 9.17) is 11.6 Å². The second-order valence-corrected chi connectivity index (χ2v) is 10.7. The van der Waals surface area contributed by atoms with Gasteiger partial charge in [0.05, 0.1) is 10.9 Å². The molecule has 6 nitrogen and oxygen atoms in total.